The van der Waals surface area contributed by atoms with Crippen LogP contribution < -0.4 is 20.7 Å². The predicted molar refractivity (Wildman–Crippen MR) is 142 cm³/mol. The topological polar surface area (TPSA) is 109 Å². The largest absolute Gasteiger partial charge is 0.491 e. The number of hydrogen-bond acceptors (Lipinski definition) is 8. The number of nitrogens with zero attached hydrogens (tertiary/aromatic N) is 3. The number of piperidine rings is 1. The second-order valence-corrected chi connectivity index (χ2v) is 10.9. The zero-order chi connectivity index (χ0) is 24.4. The van der Waals surface area contributed by atoms with Gasteiger partial charge in [-0.2, -0.15) is 0 Å². The molecule has 2 aromatic heterocycles. The SMILES string of the molecule is CC(C)Oc1ccc2nc(Sc3nc(C(=O)Nc4ccccc4N4CCC(N)CC4)cs3)[nH]c2c1. The second-order valence-electron chi connectivity index (χ2n) is 8.78. The molecule has 0 saturated carbocycles. The van der Waals surface area contributed by atoms with Crippen LogP contribution in [0.15, 0.2) is 57.3 Å². The summed E-state index contributed by atoms with van der Waals surface area (Å²) in [5, 5.41) is 5.54. The summed E-state index contributed by atoms with van der Waals surface area (Å²) in [5.41, 5.74) is 9.99. The van der Waals surface area contributed by atoms with Crippen LogP contribution in [0.4, 0.5) is 11.4 Å². The zero-order valence-corrected chi connectivity index (χ0v) is 21.3. The van der Waals surface area contributed by atoms with Gasteiger partial charge in [0, 0.05) is 30.6 Å². The number of anilines is 2. The molecule has 8 nitrogen and oxygen atoms in total. The maximum absolute atomic E-state index is 13.0. The van der Waals surface area contributed by atoms with E-state index in [1.807, 2.05) is 56.3 Å². The van der Waals surface area contributed by atoms with Crippen molar-refractivity contribution in [3.8, 4) is 5.75 Å². The Morgan fingerprint density at radius 2 is 2.03 bits per heavy atom. The van der Waals surface area contributed by atoms with Crippen molar-refractivity contribution in [2.24, 2.45) is 5.73 Å². The van der Waals surface area contributed by atoms with E-state index >= 15 is 0 Å². The molecule has 1 saturated heterocycles. The number of rotatable bonds is 7. The molecule has 4 aromatic rings. The first-order valence-corrected chi connectivity index (χ1v) is 13.3. The van der Waals surface area contributed by atoms with Crippen molar-refractivity contribution < 1.29 is 9.53 Å². The van der Waals surface area contributed by atoms with Crippen molar-refractivity contribution in [1.82, 2.24) is 15.0 Å². The van der Waals surface area contributed by atoms with Crippen LogP contribution >= 0.6 is 23.1 Å². The number of aromatic amines is 1. The van der Waals surface area contributed by atoms with Crippen molar-refractivity contribution in [3.05, 3.63) is 53.5 Å². The van der Waals surface area contributed by atoms with Crippen LogP contribution in [0.1, 0.15) is 37.2 Å². The first-order chi connectivity index (χ1) is 16.9. The summed E-state index contributed by atoms with van der Waals surface area (Å²) < 4.78 is 6.50. The van der Waals surface area contributed by atoms with Crippen molar-refractivity contribution >= 4 is 51.4 Å². The van der Waals surface area contributed by atoms with Gasteiger partial charge >= 0.3 is 0 Å². The summed E-state index contributed by atoms with van der Waals surface area (Å²) >= 11 is 2.82. The van der Waals surface area contributed by atoms with Crippen LogP contribution in [0.2, 0.25) is 0 Å². The fourth-order valence-electron chi connectivity index (χ4n) is 4.03. The highest BCUT2D eigenvalue weighted by atomic mass is 32.2. The Labute approximate surface area is 212 Å². The Bertz CT molecular complexity index is 1330. The van der Waals surface area contributed by atoms with Gasteiger partial charge in [-0.1, -0.05) is 12.1 Å². The lowest BCUT2D eigenvalue weighted by molar-refractivity contribution is 0.102. The van der Waals surface area contributed by atoms with Crippen molar-refractivity contribution in [3.63, 3.8) is 0 Å². The van der Waals surface area contributed by atoms with E-state index in [9.17, 15) is 4.79 Å². The fourth-order valence-corrected chi connectivity index (χ4v) is 5.74. The van der Waals surface area contributed by atoms with E-state index in [-0.39, 0.29) is 18.1 Å². The van der Waals surface area contributed by atoms with Crippen LogP contribution in [0.3, 0.4) is 0 Å². The Morgan fingerprint density at radius 1 is 1.23 bits per heavy atom. The number of para-hydroxylation sites is 2. The monoisotopic (exact) mass is 508 g/mol. The third-order valence-corrected chi connectivity index (χ3v) is 7.56. The van der Waals surface area contributed by atoms with Gasteiger partial charge in [0.05, 0.1) is 28.5 Å². The Kier molecular flexibility index (Phi) is 6.94. The number of hydrogen-bond donors (Lipinski definition) is 3. The van der Waals surface area contributed by atoms with Gasteiger partial charge in [-0.25, -0.2) is 9.97 Å². The fraction of sp³-hybridized carbons (Fsp3) is 0.320. The molecular weight excluding hydrogens is 480 g/mol. The van der Waals surface area contributed by atoms with Gasteiger partial charge in [0.25, 0.3) is 5.91 Å². The highest BCUT2D eigenvalue weighted by Gasteiger charge is 2.20. The molecule has 3 heterocycles. The number of amides is 1. The van der Waals surface area contributed by atoms with Gasteiger partial charge in [-0.05, 0) is 62.7 Å². The quantitative estimate of drug-likeness (QED) is 0.317. The standard InChI is InChI=1S/C25H28N6O2S2/c1-15(2)33-17-7-8-18-20(13-17)29-24(28-18)35-25-30-21(14-34-25)23(32)27-19-5-3-4-6-22(19)31-11-9-16(26)10-12-31/h3-8,13-16H,9-12,26H2,1-2H3,(H,27,32)(H,28,29). The average Bonchev–Trinajstić information content (AvgIpc) is 3.46. The average molecular weight is 509 g/mol. The molecule has 2 aromatic carbocycles. The van der Waals surface area contributed by atoms with E-state index in [4.69, 9.17) is 10.5 Å². The van der Waals surface area contributed by atoms with Gasteiger partial charge in [-0.3, -0.25) is 4.79 Å². The van der Waals surface area contributed by atoms with Gasteiger partial charge in [-0.15, -0.1) is 11.3 Å². The minimum atomic E-state index is -0.227. The highest BCUT2D eigenvalue weighted by molar-refractivity contribution is 8.00. The van der Waals surface area contributed by atoms with Gasteiger partial charge < -0.3 is 25.7 Å². The third kappa shape index (κ3) is 5.61. The normalized spacial score (nSPS) is 14.6. The van der Waals surface area contributed by atoms with Crippen LogP contribution in [0.25, 0.3) is 11.0 Å². The molecule has 0 unspecified atom stereocenters. The molecule has 1 aliphatic rings. The number of carbonyl (C=O) groups excluding carboxylic acids is 1. The van der Waals surface area contributed by atoms with Gasteiger partial charge in [0.2, 0.25) is 0 Å². The summed E-state index contributed by atoms with van der Waals surface area (Å²) in [6.07, 6.45) is 2.00. The van der Waals surface area contributed by atoms with Crippen LogP contribution in [-0.2, 0) is 0 Å². The number of carbonyl (C=O) groups is 1. The number of nitrogens with one attached hydrogen (secondary N) is 2. The first kappa shape index (κ1) is 23.7. The Hall–Kier alpha value is -3.08. The smallest absolute Gasteiger partial charge is 0.275 e. The lowest BCUT2D eigenvalue weighted by Gasteiger charge is -2.33. The molecule has 0 atom stereocenters. The predicted octanol–water partition coefficient (Wildman–Crippen LogP) is 5.14. The minimum Gasteiger partial charge on any atom is -0.491 e. The number of ether oxygens (including phenoxy) is 1. The van der Waals surface area contributed by atoms with E-state index in [2.05, 4.69) is 25.2 Å². The first-order valence-electron chi connectivity index (χ1n) is 11.7. The van der Waals surface area contributed by atoms with Crippen molar-refractivity contribution in [2.45, 2.75) is 48.3 Å². The molecule has 0 radical (unpaired) electrons. The maximum atomic E-state index is 13.0. The molecule has 4 N–H and O–H groups in total. The van der Waals surface area contributed by atoms with E-state index in [1.165, 1.54) is 23.1 Å². The van der Waals surface area contributed by atoms with Gasteiger partial charge in [0.15, 0.2) is 9.50 Å². The Morgan fingerprint density at radius 3 is 2.83 bits per heavy atom. The number of benzene rings is 2. The second kappa shape index (κ2) is 10.3. The molecule has 10 heteroatoms. The van der Waals surface area contributed by atoms with E-state index in [1.54, 1.807) is 5.38 Å². The van der Waals surface area contributed by atoms with Gasteiger partial charge in [0.1, 0.15) is 11.4 Å². The van der Waals surface area contributed by atoms with E-state index in [0.29, 0.717) is 5.69 Å². The third-order valence-electron chi connectivity index (χ3n) is 5.74. The van der Waals surface area contributed by atoms with Crippen molar-refractivity contribution in [1.29, 1.82) is 0 Å². The number of fused-ring (bicyclic) bond motifs is 1. The highest BCUT2D eigenvalue weighted by Crippen LogP contribution is 2.32. The number of imidazole rings is 1. The van der Waals surface area contributed by atoms with Crippen molar-refractivity contribution in [2.75, 3.05) is 23.3 Å². The molecule has 0 bridgehead atoms. The van der Waals surface area contributed by atoms with Crippen LogP contribution in [0.5, 0.6) is 5.75 Å². The summed E-state index contributed by atoms with van der Waals surface area (Å²) in [7, 11) is 0. The molecular formula is C25H28N6O2S2. The molecule has 1 fully saturated rings. The summed E-state index contributed by atoms with van der Waals surface area (Å²) in [5.74, 6) is 0.572. The summed E-state index contributed by atoms with van der Waals surface area (Å²) in [6, 6.07) is 13.9. The Balaban J connectivity index is 1.27. The zero-order valence-electron chi connectivity index (χ0n) is 19.7. The molecule has 5 rings (SSSR count). The maximum Gasteiger partial charge on any atom is 0.275 e. The number of thiazole rings is 1. The molecule has 0 spiro atoms. The summed E-state index contributed by atoms with van der Waals surface area (Å²) in [4.78, 5) is 27.7. The number of H-pyrrole nitrogens is 1. The molecule has 0 aliphatic carbocycles. The van der Waals surface area contributed by atoms with Crippen LogP contribution in [0, 0.1) is 0 Å². The summed E-state index contributed by atoms with van der Waals surface area (Å²) in [6.45, 7) is 5.76. The molecule has 182 valence electrons. The minimum absolute atomic E-state index is 0.106. The molecule has 1 amide bonds. The van der Waals surface area contributed by atoms with E-state index < -0.39 is 0 Å². The van der Waals surface area contributed by atoms with E-state index in [0.717, 1.165) is 63.6 Å². The number of aromatic nitrogens is 3. The lowest BCUT2D eigenvalue weighted by atomic mass is 10.0. The molecule has 1 aliphatic heterocycles. The number of nitrogens with two attached hydrogens (primary N) is 1. The van der Waals surface area contributed by atoms with Crippen LogP contribution in [-0.4, -0.2) is 46.1 Å². The molecule has 35 heavy (non-hydrogen) atoms. The lowest BCUT2D eigenvalue weighted by Crippen LogP contribution is -2.40.